The minimum atomic E-state index is -0.645. The number of benzene rings is 1. The normalized spacial score (nSPS) is 11.7. The number of hydrogen-bond donors (Lipinski definition) is 2. The first-order valence-corrected chi connectivity index (χ1v) is 9.18. The molecule has 7 heteroatoms. The van der Waals surface area contributed by atoms with Crippen LogP contribution in [-0.2, 0) is 9.53 Å². The number of carbonyl (C=O) groups excluding carboxylic acids is 3. The minimum Gasteiger partial charge on any atom is -0.462 e. The lowest BCUT2D eigenvalue weighted by atomic mass is 9.95. The zero-order valence-corrected chi connectivity index (χ0v) is 15.8. The van der Waals surface area contributed by atoms with Crippen molar-refractivity contribution in [1.82, 2.24) is 0 Å². The Morgan fingerprint density at radius 3 is 2.38 bits per heavy atom. The summed E-state index contributed by atoms with van der Waals surface area (Å²) in [6.45, 7) is 5.41. The van der Waals surface area contributed by atoms with E-state index in [1.54, 1.807) is 13.8 Å². The van der Waals surface area contributed by atoms with Gasteiger partial charge in [0.05, 0.1) is 23.0 Å². The zero-order chi connectivity index (χ0) is 19.3. The molecular formula is C19H22N2O4S. The van der Waals surface area contributed by atoms with Gasteiger partial charge >= 0.3 is 5.97 Å². The molecule has 2 amide bonds. The van der Waals surface area contributed by atoms with Crippen LogP contribution in [0.2, 0.25) is 0 Å². The summed E-state index contributed by atoms with van der Waals surface area (Å²) in [6.07, 6.45) is 0.595. The Balaban J connectivity index is 2.38. The van der Waals surface area contributed by atoms with Crippen LogP contribution in [0, 0.1) is 6.92 Å². The fraction of sp³-hybridized carbons (Fsp3) is 0.316. The Labute approximate surface area is 156 Å². The number of nitrogens with two attached hydrogens (primary N) is 1. The molecule has 2 aromatic rings. The highest BCUT2D eigenvalue weighted by molar-refractivity contribution is 7.18. The van der Waals surface area contributed by atoms with E-state index in [1.807, 2.05) is 37.3 Å². The summed E-state index contributed by atoms with van der Waals surface area (Å²) in [6, 6.07) is 9.39. The summed E-state index contributed by atoms with van der Waals surface area (Å²) >= 11 is 0.993. The van der Waals surface area contributed by atoms with Gasteiger partial charge in [-0.3, -0.25) is 9.59 Å². The second-order valence-electron chi connectivity index (χ2n) is 5.71. The monoisotopic (exact) mass is 374 g/mol. The highest BCUT2D eigenvalue weighted by Crippen LogP contribution is 2.34. The number of nitrogens with one attached hydrogen (secondary N) is 1. The van der Waals surface area contributed by atoms with Crippen LogP contribution in [0.15, 0.2) is 30.3 Å². The van der Waals surface area contributed by atoms with E-state index in [0.29, 0.717) is 12.0 Å². The van der Waals surface area contributed by atoms with E-state index in [2.05, 4.69) is 5.32 Å². The Morgan fingerprint density at radius 2 is 1.85 bits per heavy atom. The summed E-state index contributed by atoms with van der Waals surface area (Å²) in [4.78, 5) is 37.0. The van der Waals surface area contributed by atoms with Crippen molar-refractivity contribution in [2.24, 2.45) is 5.73 Å². The van der Waals surface area contributed by atoms with Crippen molar-refractivity contribution in [2.75, 3.05) is 11.9 Å². The lowest BCUT2D eigenvalue weighted by molar-refractivity contribution is -0.117. The van der Waals surface area contributed by atoms with Gasteiger partial charge in [-0.25, -0.2) is 4.79 Å². The third-order valence-electron chi connectivity index (χ3n) is 4.01. The van der Waals surface area contributed by atoms with Crippen molar-refractivity contribution < 1.29 is 19.1 Å². The molecule has 0 saturated carbocycles. The molecule has 3 N–H and O–H groups in total. The number of esters is 1. The third kappa shape index (κ3) is 4.11. The number of carbonyl (C=O) groups is 3. The molecule has 1 aromatic carbocycles. The molecule has 0 spiro atoms. The van der Waals surface area contributed by atoms with Gasteiger partial charge in [0.1, 0.15) is 5.00 Å². The van der Waals surface area contributed by atoms with Gasteiger partial charge in [-0.15, -0.1) is 11.3 Å². The minimum absolute atomic E-state index is 0.182. The maximum Gasteiger partial charge on any atom is 0.341 e. The smallest absolute Gasteiger partial charge is 0.341 e. The Hall–Kier alpha value is -2.67. The molecule has 0 aliphatic carbocycles. The van der Waals surface area contributed by atoms with Crippen LogP contribution in [0.1, 0.15) is 57.3 Å². The molecule has 1 heterocycles. The Morgan fingerprint density at radius 1 is 1.19 bits per heavy atom. The average molecular weight is 374 g/mol. The van der Waals surface area contributed by atoms with Crippen molar-refractivity contribution in [3.63, 3.8) is 0 Å². The molecule has 0 saturated heterocycles. The van der Waals surface area contributed by atoms with Crippen molar-refractivity contribution in [2.45, 2.75) is 33.1 Å². The van der Waals surface area contributed by atoms with Crippen molar-refractivity contribution >= 4 is 34.1 Å². The van der Waals surface area contributed by atoms with Crippen LogP contribution < -0.4 is 11.1 Å². The molecule has 0 unspecified atom stereocenters. The highest BCUT2D eigenvalue weighted by atomic mass is 32.1. The molecule has 0 fully saturated rings. The molecule has 0 radical (unpaired) electrons. The number of primary amides is 1. The molecule has 0 bridgehead atoms. The molecule has 0 aliphatic heterocycles. The predicted octanol–water partition coefficient (Wildman–Crippen LogP) is 3.46. The van der Waals surface area contributed by atoms with Gasteiger partial charge in [0.15, 0.2) is 0 Å². The van der Waals surface area contributed by atoms with Crippen molar-refractivity contribution in [3.8, 4) is 0 Å². The zero-order valence-electron chi connectivity index (χ0n) is 15.0. The number of rotatable bonds is 7. The molecule has 138 valence electrons. The van der Waals surface area contributed by atoms with E-state index in [1.165, 1.54) is 0 Å². The lowest BCUT2D eigenvalue weighted by Crippen LogP contribution is -2.21. The Kier molecular flexibility index (Phi) is 6.52. The van der Waals surface area contributed by atoms with Gasteiger partial charge in [0, 0.05) is 0 Å². The molecule has 26 heavy (non-hydrogen) atoms. The van der Waals surface area contributed by atoms with E-state index >= 15 is 0 Å². The number of thiophene rings is 1. The van der Waals surface area contributed by atoms with Gasteiger partial charge in [0.2, 0.25) is 5.91 Å². The summed E-state index contributed by atoms with van der Waals surface area (Å²) in [7, 11) is 0. The third-order valence-corrected chi connectivity index (χ3v) is 5.24. The second-order valence-corrected chi connectivity index (χ2v) is 6.73. The number of ether oxygens (including phenoxy) is 1. The summed E-state index contributed by atoms with van der Waals surface area (Å²) in [5.74, 6) is -1.85. The second kappa shape index (κ2) is 8.62. The fourth-order valence-corrected chi connectivity index (χ4v) is 3.79. The maximum absolute atomic E-state index is 12.8. The molecule has 2 rings (SSSR count). The number of amides is 2. The van der Waals surface area contributed by atoms with Gasteiger partial charge in [-0.05, 0) is 31.4 Å². The molecular weight excluding hydrogens is 352 g/mol. The van der Waals surface area contributed by atoms with Crippen molar-refractivity contribution in [3.05, 3.63) is 51.9 Å². The van der Waals surface area contributed by atoms with E-state index in [4.69, 9.17) is 10.5 Å². The van der Waals surface area contributed by atoms with Gasteiger partial charge in [0.25, 0.3) is 5.91 Å². The lowest BCUT2D eigenvalue weighted by Gasteiger charge is -2.15. The maximum atomic E-state index is 12.8. The SMILES string of the molecule is CCOC(=O)c1c(NC(=O)[C@H](CC)c2ccccc2)sc(C(N)=O)c1C. The topological polar surface area (TPSA) is 98.5 Å². The van der Waals surface area contributed by atoms with Crippen LogP contribution in [0.5, 0.6) is 0 Å². The first kappa shape index (κ1) is 19.7. The summed E-state index contributed by atoms with van der Waals surface area (Å²) in [5.41, 5.74) is 6.87. The average Bonchev–Trinajstić information content (AvgIpc) is 2.93. The standard InChI is InChI=1S/C19H22N2O4S/c1-4-13(12-9-7-6-8-10-12)17(23)21-18-14(19(24)25-5-2)11(3)15(26-18)16(20)22/h6-10,13H,4-5H2,1-3H3,(H2,20,22)(H,21,23)/t13-/m1/s1. The first-order chi connectivity index (χ1) is 12.4. The largest absolute Gasteiger partial charge is 0.462 e. The van der Waals surface area contributed by atoms with Gasteiger partial charge in [-0.2, -0.15) is 0 Å². The molecule has 6 nitrogen and oxygen atoms in total. The predicted molar refractivity (Wildman–Crippen MR) is 102 cm³/mol. The highest BCUT2D eigenvalue weighted by Gasteiger charge is 2.27. The van der Waals surface area contributed by atoms with Crippen LogP contribution in [0.4, 0.5) is 5.00 Å². The summed E-state index contributed by atoms with van der Waals surface area (Å²) in [5, 5.41) is 3.07. The molecule has 1 atom stereocenters. The van der Waals surface area contributed by atoms with Crippen LogP contribution in [-0.4, -0.2) is 24.4 Å². The van der Waals surface area contributed by atoms with E-state index in [9.17, 15) is 14.4 Å². The van der Waals surface area contributed by atoms with E-state index < -0.39 is 11.9 Å². The Bertz CT molecular complexity index is 814. The van der Waals surface area contributed by atoms with E-state index in [-0.39, 0.29) is 33.9 Å². The fourth-order valence-electron chi connectivity index (χ4n) is 2.74. The molecule has 0 aliphatic rings. The van der Waals surface area contributed by atoms with Crippen molar-refractivity contribution in [1.29, 1.82) is 0 Å². The van der Waals surface area contributed by atoms with E-state index in [0.717, 1.165) is 16.9 Å². The molecule has 1 aromatic heterocycles. The van der Waals surface area contributed by atoms with Crippen LogP contribution in [0.3, 0.4) is 0 Å². The number of anilines is 1. The summed E-state index contributed by atoms with van der Waals surface area (Å²) < 4.78 is 5.06. The number of hydrogen-bond acceptors (Lipinski definition) is 5. The van der Waals surface area contributed by atoms with Crippen LogP contribution >= 0.6 is 11.3 Å². The quantitative estimate of drug-likeness (QED) is 0.725. The van der Waals surface area contributed by atoms with Crippen LogP contribution in [0.25, 0.3) is 0 Å². The first-order valence-electron chi connectivity index (χ1n) is 8.36. The van der Waals surface area contributed by atoms with Gasteiger partial charge in [-0.1, -0.05) is 37.3 Å². The van der Waals surface area contributed by atoms with Gasteiger partial charge < -0.3 is 15.8 Å².